The van der Waals surface area contributed by atoms with Gasteiger partial charge in [-0.2, -0.15) is 0 Å². The minimum atomic E-state index is -0.769. The maximum atomic E-state index is 12.8. The molecule has 0 saturated carbocycles. The highest BCUT2D eigenvalue weighted by atomic mass is 16.5. The smallest absolute Gasteiger partial charge is 0.253 e. The first-order valence-corrected chi connectivity index (χ1v) is 10.1. The topological polar surface area (TPSA) is 76.7 Å². The summed E-state index contributed by atoms with van der Waals surface area (Å²) in [7, 11) is 1.55. The highest BCUT2D eigenvalue weighted by molar-refractivity contribution is 5.96. The van der Waals surface area contributed by atoms with E-state index in [9.17, 15) is 9.59 Å². The Morgan fingerprint density at radius 1 is 0.806 bits per heavy atom. The van der Waals surface area contributed by atoms with E-state index in [1.807, 2.05) is 19.1 Å². The molecule has 31 heavy (non-hydrogen) atoms. The van der Waals surface area contributed by atoms with Gasteiger partial charge in [-0.15, -0.1) is 0 Å². The lowest BCUT2D eigenvalue weighted by molar-refractivity contribution is 0.0883. The molecule has 0 saturated heterocycles. The molecule has 3 aromatic rings. The highest BCUT2D eigenvalue weighted by Gasteiger charge is 2.20. The third kappa shape index (κ3) is 5.85. The van der Waals surface area contributed by atoms with Crippen LogP contribution in [0.25, 0.3) is 0 Å². The zero-order chi connectivity index (χ0) is 22.1. The SMILES string of the molecule is CCCOc1ccc(C(NC(=O)c2ccccc2)NC(=O)c2ccccc2)cc1OC. The van der Waals surface area contributed by atoms with Crippen molar-refractivity contribution in [3.8, 4) is 11.5 Å². The summed E-state index contributed by atoms with van der Waals surface area (Å²) in [6.07, 6.45) is 0.0999. The number of carbonyl (C=O) groups is 2. The van der Waals surface area contributed by atoms with E-state index in [2.05, 4.69) is 10.6 Å². The second-order valence-electron chi connectivity index (χ2n) is 6.87. The summed E-state index contributed by atoms with van der Waals surface area (Å²) in [6, 6.07) is 23.0. The molecule has 3 aromatic carbocycles. The van der Waals surface area contributed by atoms with E-state index in [0.717, 1.165) is 6.42 Å². The van der Waals surface area contributed by atoms with Crippen molar-refractivity contribution in [1.82, 2.24) is 10.6 Å². The molecule has 6 heteroatoms. The minimum absolute atomic E-state index is 0.302. The maximum absolute atomic E-state index is 12.8. The molecule has 0 fully saturated rings. The molecule has 0 aromatic heterocycles. The molecule has 0 aliphatic carbocycles. The van der Waals surface area contributed by atoms with E-state index in [1.54, 1.807) is 73.8 Å². The van der Waals surface area contributed by atoms with Gasteiger partial charge in [-0.3, -0.25) is 9.59 Å². The fourth-order valence-electron chi connectivity index (χ4n) is 3.01. The Balaban J connectivity index is 1.89. The fourth-order valence-corrected chi connectivity index (χ4v) is 3.01. The van der Waals surface area contributed by atoms with Crippen molar-refractivity contribution in [2.45, 2.75) is 19.5 Å². The van der Waals surface area contributed by atoms with Crippen LogP contribution in [0, 0.1) is 0 Å². The summed E-state index contributed by atoms with van der Waals surface area (Å²) in [5.41, 5.74) is 1.65. The van der Waals surface area contributed by atoms with Crippen LogP contribution in [0.15, 0.2) is 78.9 Å². The molecule has 6 nitrogen and oxygen atoms in total. The number of hydrogen-bond donors (Lipinski definition) is 2. The van der Waals surface area contributed by atoms with Crippen LogP contribution in [-0.4, -0.2) is 25.5 Å². The van der Waals surface area contributed by atoms with Crippen molar-refractivity contribution in [2.24, 2.45) is 0 Å². The van der Waals surface area contributed by atoms with Gasteiger partial charge in [-0.1, -0.05) is 49.4 Å². The first-order valence-electron chi connectivity index (χ1n) is 10.1. The first-order chi connectivity index (χ1) is 15.1. The first kappa shape index (κ1) is 21.9. The van der Waals surface area contributed by atoms with Crippen LogP contribution < -0.4 is 20.1 Å². The number of benzene rings is 3. The zero-order valence-corrected chi connectivity index (χ0v) is 17.6. The predicted molar refractivity (Wildman–Crippen MR) is 119 cm³/mol. The van der Waals surface area contributed by atoms with Gasteiger partial charge in [0.05, 0.1) is 13.7 Å². The Bertz CT molecular complexity index is 953. The van der Waals surface area contributed by atoms with Crippen LogP contribution in [0.1, 0.15) is 45.8 Å². The minimum Gasteiger partial charge on any atom is -0.493 e. The lowest BCUT2D eigenvalue weighted by Gasteiger charge is -2.22. The molecule has 0 radical (unpaired) electrons. The Labute approximate surface area is 182 Å². The summed E-state index contributed by atoms with van der Waals surface area (Å²) >= 11 is 0. The fraction of sp³-hybridized carbons (Fsp3) is 0.200. The van der Waals surface area contributed by atoms with Gasteiger partial charge in [0.25, 0.3) is 11.8 Å². The molecular formula is C25H26N2O4. The van der Waals surface area contributed by atoms with Gasteiger partial charge in [-0.25, -0.2) is 0 Å². The maximum Gasteiger partial charge on any atom is 0.253 e. The number of methoxy groups -OCH3 is 1. The normalized spacial score (nSPS) is 10.4. The van der Waals surface area contributed by atoms with Crippen molar-refractivity contribution in [2.75, 3.05) is 13.7 Å². The Morgan fingerprint density at radius 2 is 1.35 bits per heavy atom. The molecule has 2 amide bonds. The van der Waals surface area contributed by atoms with Gasteiger partial charge in [-0.05, 0) is 48.4 Å². The van der Waals surface area contributed by atoms with E-state index >= 15 is 0 Å². The molecule has 3 rings (SSSR count). The van der Waals surface area contributed by atoms with Gasteiger partial charge in [0.2, 0.25) is 0 Å². The summed E-state index contributed by atoms with van der Waals surface area (Å²) in [5.74, 6) is 0.531. The van der Waals surface area contributed by atoms with Crippen molar-refractivity contribution < 1.29 is 19.1 Å². The lowest BCUT2D eigenvalue weighted by Crippen LogP contribution is -2.41. The molecule has 0 heterocycles. The van der Waals surface area contributed by atoms with Gasteiger partial charge in [0.15, 0.2) is 11.5 Å². The molecule has 2 N–H and O–H groups in total. The summed E-state index contributed by atoms with van der Waals surface area (Å²) < 4.78 is 11.2. The predicted octanol–water partition coefficient (Wildman–Crippen LogP) is 4.34. The van der Waals surface area contributed by atoms with Crippen LogP contribution in [0.2, 0.25) is 0 Å². The monoisotopic (exact) mass is 418 g/mol. The Morgan fingerprint density at radius 3 is 1.84 bits per heavy atom. The molecule has 0 atom stereocenters. The van der Waals surface area contributed by atoms with Crippen LogP contribution in [0.3, 0.4) is 0 Å². The third-order valence-electron chi connectivity index (χ3n) is 4.61. The molecule has 0 unspecified atom stereocenters. The van der Waals surface area contributed by atoms with Crippen LogP contribution in [-0.2, 0) is 0 Å². The standard InChI is InChI=1S/C25H26N2O4/c1-3-16-31-21-15-14-20(17-22(21)30-2)23(26-24(28)18-10-6-4-7-11-18)27-25(29)19-12-8-5-9-13-19/h4-15,17,23H,3,16H2,1-2H3,(H,26,28)(H,27,29). The Hall–Kier alpha value is -3.80. The average Bonchev–Trinajstić information content (AvgIpc) is 2.83. The van der Waals surface area contributed by atoms with Crippen molar-refractivity contribution >= 4 is 11.8 Å². The highest BCUT2D eigenvalue weighted by Crippen LogP contribution is 2.30. The second-order valence-corrected chi connectivity index (χ2v) is 6.87. The lowest BCUT2D eigenvalue weighted by atomic mass is 10.1. The summed E-state index contributed by atoms with van der Waals surface area (Å²) in [6.45, 7) is 2.59. The van der Waals surface area contributed by atoms with E-state index in [4.69, 9.17) is 9.47 Å². The average molecular weight is 418 g/mol. The number of amides is 2. The largest absolute Gasteiger partial charge is 0.493 e. The number of rotatable bonds is 9. The van der Waals surface area contributed by atoms with Crippen molar-refractivity contribution in [3.63, 3.8) is 0 Å². The molecule has 0 spiro atoms. The summed E-state index contributed by atoms with van der Waals surface area (Å²) in [5, 5.41) is 5.79. The summed E-state index contributed by atoms with van der Waals surface area (Å²) in [4.78, 5) is 25.6. The van der Waals surface area contributed by atoms with Gasteiger partial charge in [0, 0.05) is 11.1 Å². The van der Waals surface area contributed by atoms with E-state index in [-0.39, 0.29) is 11.8 Å². The van der Waals surface area contributed by atoms with E-state index in [0.29, 0.717) is 34.8 Å². The van der Waals surface area contributed by atoms with Gasteiger partial charge in [0.1, 0.15) is 6.17 Å². The van der Waals surface area contributed by atoms with Crippen LogP contribution in [0.5, 0.6) is 11.5 Å². The number of ether oxygens (including phenoxy) is 2. The van der Waals surface area contributed by atoms with Gasteiger partial charge < -0.3 is 20.1 Å². The number of nitrogens with one attached hydrogen (secondary N) is 2. The number of carbonyl (C=O) groups excluding carboxylic acids is 2. The second kappa shape index (κ2) is 10.8. The van der Waals surface area contributed by atoms with Crippen molar-refractivity contribution in [1.29, 1.82) is 0 Å². The molecule has 0 bridgehead atoms. The molecule has 0 aliphatic rings. The van der Waals surface area contributed by atoms with E-state index in [1.165, 1.54) is 0 Å². The zero-order valence-electron chi connectivity index (χ0n) is 17.6. The molecule has 0 aliphatic heterocycles. The quantitative estimate of drug-likeness (QED) is 0.507. The van der Waals surface area contributed by atoms with Crippen LogP contribution >= 0.6 is 0 Å². The van der Waals surface area contributed by atoms with Crippen molar-refractivity contribution in [3.05, 3.63) is 95.6 Å². The van der Waals surface area contributed by atoms with E-state index < -0.39 is 6.17 Å². The molecule has 160 valence electrons. The third-order valence-corrected chi connectivity index (χ3v) is 4.61. The Kier molecular flexibility index (Phi) is 7.65. The molecular weight excluding hydrogens is 392 g/mol. The van der Waals surface area contributed by atoms with Gasteiger partial charge >= 0.3 is 0 Å². The van der Waals surface area contributed by atoms with Crippen LogP contribution in [0.4, 0.5) is 0 Å². The number of hydrogen-bond acceptors (Lipinski definition) is 4.